The van der Waals surface area contributed by atoms with Gasteiger partial charge in [-0.2, -0.15) is 0 Å². The maximum absolute atomic E-state index is 13.8. The molecule has 1 aliphatic rings. The third-order valence-electron chi connectivity index (χ3n) is 4.43. The predicted octanol–water partition coefficient (Wildman–Crippen LogP) is 3.47. The highest BCUT2D eigenvalue weighted by Crippen LogP contribution is 2.23. The van der Waals surface area contributed by atoms with Crippen molar-refractivity contribution in [2.75, 3.05) is 20.1 Å². The van der Waals surface area contributed by atoms with Crippen LogP contribution in [0.4, 0.5) is 4.39 Å². The van der Waals surface area contributed by atoms with Crippen LogP contribution < -0.4 is 5.32 Å². The second-order valence-corrected chi connectivity index (χ2v) is 6.07. The largest absolute Gasteiger partial charge is 0.441 e. The Morgan fingerprint density at radius 1 is 1.38 bits per heavy atom. The van der Waals surface area contributed by atoms with Crippen LogP contribution in [0.25, 0.3) is 11.3 Å². The maximum atomic E-state index is 13.8. The summed E-state index contributed by atoms with van der Waals surface area (Å²) in [4.78, 5) is 18.4. The number of likely N-dealkylation sites (tertiary alicyclic amines) is 1. The number of rotatable bonds is 5. The van der Waals surface area contributed by atoms with Gasteiger partial charge in [0.15, 0.2) is 11.7 Å². The minimum atomic E-state index is -0.345. The average molecular weight is 404 g/mol. The van der Waals surface area contributed by atoms with E-state index in [-0.39, 0.29) is 36.5 Å². The molecule has 0 bridgehead atoms. The zero-order valence-electron chi connectivity index (χ0n) is 14.6. The molecule has 1 atom stereocenters. The molecule has 0 radical (unpaired) electrons. The number of carbonyl (C=O) groups excluding carboxylic acids is 1. The number of nitrogens with zero attached hydrogens (tertiary/aromatic N) is 2. The summed E-state index contributed by atoms with van der Waals surface area (Å²) in [7, 11) is 1.93. The molecule has 1 unspecified atom stereocenters. The summed E-state index contributed by atoms with van der Waals surface area (Å²) < 4.78 is 19.4. The van der Waals surface area contributed by atoms with Gasteiger partial charge in [-0.25, -0.2) is 9.37 Å². The fourth-order valence-corrected chi connectivity index (χ4v) is 3.02. The van der Waals surface area contributed by atoms with Gasteiger partial charge in [0.2, 0.25) is 5.91 Å². The second kappa shape index (κ2) is 10.5. The first-order chi connectivity index (χ1) is 11.7. The number of aromatic nitrogens is 1. The van der Waals surface area contributed by atoms with E-state index in [1.807, 2.05) is 11.9 Å². The molecule has 3 rings (SSSR count). The summed E-state index contributed by atoms with van der Waals surface area (Å²) in [5.74, 6) is 0.621. The molecule has 2 aromatic rings. The van der Waals surface area contributed by atoms with E-state index in [1.54, 1.807) is 18.2 Å². The van der Waals surface area contributed by atoms with Gasteiger partial charge < -0.3 is 14.6 Å². The van der Waals surface area contributed by atoms with E-state index in [0.717, 1.165) is 25.9 Å². The molecule has 144 valence electrons. The summed E-state index contributed by atoms with van der Waals surface area (Å²) >= 11 is 0. The molecule has 1 saturated heterocycles. The summed E-state index contributed by atoms with van der Waals surface area (Å²) in [6.07, 6.45) is 4.41. The Bertz CT molecular complexity index is 711. The van der Waals surface area contributed by atoms with Gasteiger partial charge in [0.1, 0.15) is 5.82 Å². The Labute approximate surface area is 165 Å². The Kier molecular flexibility index (Phi) is 9.05. The van der Waals surface area contributed by atoms with Crippen molar-refractivity contribution < 1.29 is 13.6 Å². The molecule has 1 aromatic carbocycles. The Hall–Kier alpha value is -1.63. The molecule has 2 heterocycles. The van der Waals surface area contributed by atoms with E-state index in [0.29, 0.717) is 36.1 Å². The molecular formula is C18H24Cl2FN3O2. The van der Waals surface area contributed by atoms with Crippen molar-refractivity contribution in [2.24, 2.45) is 0 Å². The third kappa shape index (κ3) is 5.43. The monoisotopic (exact) mass is 403 g/mol. The number of aryl methyl sites for hydroxylation is 1. The van der Waals surface area contributed by atoms with E-state index in [2.05, 4.69) is 10.3 Å². The molecule has 1 N–H and O–H groups in total. The number of halogens is 3. The fourth-order valence-electron chi connectivity index (χ4n) is 3.02. The van der Waals surface area contributed by atoms with Crippen LogP contribution in [0.3, 0.4) is 0 Å². The first-order valence-corrected chi connectivity index (χ1v) is 8.32. The minimum absolute atomic E-state index is 0. The molecule has 1 amide bonds. The standard InChI is InChI=1S/C18H22FN3O2.2ClH/c1-20-13-5-4-10-22(12-13)18(23)9-8-17-21-11-16(24-17)14-6-2-3-7-15(14)19;;/h2-3,6-7,11,13,20H,4-5,8-10,12H2,1H3;2*1H. The summed E-state index contributed by atoms with van der Waals surface area (Å²) in [6, 6.07) is 6.79. The van der Waals surface area contributed by atoms with Crippen molar-refractivity contribution in [3.8, 4) is 11.3 Å². The van der Waals surface area contributed by atoms with E-state index in [1.165, 1.54) is 12.3 Å². The highest BCUT2D eigenvalue weighted by Gasteiger charge is 2.22. The smallest absolute Gasteiger partial charge is 0.223 e. The van der Waals surface area contributed by atoms with E-state index in [4.69, 9.17) is 4.42 Å². The number of carbonyl (C=O) groups is 1. The van der Waals surface area contributed by atoms with Crippen molar-refractivity contribution in [1.29, 1.82) is 0 Å². The van der Waals surface area contributed by atoms with Gasteiger partial charge in [0, 0.05) is 32.0 Å². The summed E-state index contributed by atoms with van der Waals surface area (Å²) in [6.45, 7) is 1.56. The summed E-state index contributed by atoms with van der Waals surface area (Å²) in [5.41, 5.74) is 0.385. The van der Waals surface area contributed by atoms with Crippen molar-refractivity contribution in [3.05, 3.63) is 42.2 Å². The average Bonchev–Trinajstić information content (AvgIpc) is 3.09. The first-order valence-electron chi connectivity index (χ1n) is 8.32. The number of oxazole rings is 1. The topological polar surface area (TPSA) is 58.4 Å². The SMILES string of the molecule is CNC1CCCN(C(=O)CCc2ncc(-c3ccccc3F)o2)C1.Cl.Cl. The lowest BCUT2D eigenvalue weighted by atomic mass is 10.1. The van der Waals surface area contributed by atoms with Gasteiger partial charge in [-0.1, -0.05) is 12.1 Å². The van der Waals surface area contributed by atoms with Gasteiger partial charge in [-0.05, 0) is 32.0 Å². The molecule has 0 aliphatic carbocycles. The van der Waals surface area contributed by atoms with Crippen molar-refractivity contribution in [2.45, 2.75) is 31.7 Å². The van der Waals surface area contributed by atoms with Gasteiger partial charge in [0.25, 0.3) is 0 Å². The molecule has 1 aliphatic heterocycles. The Morgan fingerprint density at radius 2 is 2.15 bits per heavy atom. The molecule has 0 spiro atoms. The van der Waals surface area contributed by atoms with Crippen LogP contribution in [0.1, 0.15) is 25.2 Å². The van der Waals surface area contributed by atoms with Gasteiger partial charge in [-0.3, -0.25) is 4.79 Å². The third-order valence-corrected chi connectivity index (χ3v) is 4.43. The lowest BCUT2D eigenvalue weighted by Crippen LogP contribution is -2.47. The quantitative estimate of drug-likeness (QED) is 0.829. The van der Waals surface area contributed by atoms with Crippen LogP contribution in [0.5, 0.6) is 0 Å². The zero-order valence-corrected chi connectivity index (χ0v) is 16.2. The molecular weight excluding hydrogens is 380 g/mol. The van der Waals surface area contributed by atoms with Crippen LogP contribution in [-0.2, 0) is 11.2 Å². The number of piperidine rings is 1. The van der Waals surface area contributed by atoms with Gasteiger partial charge in [0.05, 0.1) is 11.8 Å². The van der Waals surface area contributed by atoms with Crippen molar-refractivity contribution >= 4 is 30.7 Å². The normalized spacial score (nSPS) is 16.5. The molecule has 26 heavy (non-hydrogen) atoms. The van der Waals surface area contributed by atoms with Crippen LogP contribution >= 0.6 is 24.8 Å². The van der Waals surface area contributed by atoms with E-state index < -0.39 is 0 Å². The Balaban J connectivity index is 0.00000169. The van der Waals surface area contributed by atoms with Crippen LogP contribution in [0.2, 0.25) is 0 Å². The minimum Gasteiger partial charge on any atom is -0.441 e. The number of likely N-dealkylation sites (N-methyl/N-ethyl adjacent to an activating group) is 1. The lowest BCUT2D eigenvalue weighted by molar-refractivity contribution is -0.132. The van der Waals surface area contributed by atoms with E-state index >= 15 is 0 Å². The lowest BCUT2D eigenvalue weighted by Gasteiger charge is -2.32. The number of hydrogen-bond donors (Lipinski definition) is 1. The van der Waals surface area contributed by atoms with Gasteiger partial charge in [-0.15, -0.1) is 24.8 Å². The number of nitrogens with one attached hydrogen (secondary N) is 1. The molecule has 0 saturated carbocycles. The molecule has 5 nitrogen and oxygen atoms in total. The molecule has 8 heteroatoms. The van der Waals surface area contributed by atoms with Crippen molar-refractivity contribution in [3.63, 3.8) is 0 Å². The first kappa shape index (κ1) is 22.4. The van der Waals surface area contributed by atoms with Crippen LogP contribution in [0, 0.1) is 5.82 Å². The Morgan fingerprint density at radius 3 is 2.88 bits per heavy atom. The van der Waals surface area contributed by atoms with Crippen molar-refractivity contribution in [1.82, 2.24) is 15.2 Å². The predicted molar refractivity (Wildman–Crippen MR) is 103 cm³/mol. The highest BCUT2D eigenvalue weighted by molar-refractivity contribution is 5.85. The number of hydrogen-bond acceptors (Lipinski definition) is 4. The zero-order chi connectivity index (χ0) is 16.9. The van der Waals surface area contributed by atoms with Crippen LogP contribution in [-0.4, -0.2) is 42.0 Å². The molecule has 1 aromatic heterocycles. The van der Waals surface area contributed by atoms with Crippen LogP contribution in [0.15, 0.2) is 34.9 Å². The number of benzene rings is 1. The summed E-state index contributed by atoms with van der Waals surface area (Å²) in [5, 5.41) is 3.23. The number of amides is 1. The second-order valence-electron chi connectivity index (χ2n) is 6.07. The maximum Gasteiger partial charge on any atom is 0.223 e. The van der Waals surface area contributed by atoms with Gasteiger partial charge >= 0.3 is 0 Å². The van der Waals surface area contributed by atoms with E-state index in [9.17, 15) is 9.18 Å². The fraction of sp³-hybridized carbons (Fsp3) is 0.444. The molecule has 1 fully saturated rings. The highest BCUT2D eigenvalue weighted by atomic mass is 35.5.